The SMILES string of the molecule is CCS(=O)(=O)CNC1c2cc(C#N)ccc2OC(C)(C)C1O. The van der Waals surface area contributed by atoms with E-state index in [-0.39, 0.29) is 11.6 Å². The highest BCUT2D eigenvalue weighted by Gasteiger charge is 2.43. The minimum Gasteiger partial charge on any atom is -0.485 e. The molecule has 2 unspecified atom stereocenters. The lowest BCUT2D eigenvalue weighted by atomic mass is 9.86. The summed E-state index contributed by atoms with van der Waals surface area (Å²) in [7, 11) is -3.23. The van der Waals surface area contributed by atoms with Crippen molar-refractivity contribution in [2.45, 2.75) is 38.5 Å². The van der Waals surface area contributed by atoms with Crippen molar-refractivity contribution < 1.29 is 18.3 Å². The first-order valence-electron chi connectivity index (χ1n) is 7.05. The number of fused-ring (bicyclic) bond motifs is 1. The average molecular weight is 324 g/mol. The van der Waals surface area contributed by atoms with Crippen molar-refractivity contribution in [2.75, 3.05) is 11.6 Å². The summed E-state index contributed by atoms with van der Waals surface area (Å²) in [4.78, 5) is 0. The lowest BCUT2D eigenvalue weighted by Crippen LogP contribution is -2.53. The fourth-order valence-corrected chi connectivity index (χ4v) is 3.05. The van der Waals surface area contributed by atoms with E-state index in [2.05, 4.69) is 5.32 Å². The maximum Gasteiger partial charge on any atom is 0.162 e. The second-order valence-corrected chi connectivity index (χ2v) is 8.23. The third-order valence-corrected chi connectivity index (χ3v) is 5.32. The molecule has 2 atom stereocenters. The van der Waals surface area contributed by atoms with Gasteiger partial charge in [-0.25, -0.2) is 8.42 Å². The highest BCUT2D eigenvalue weighted by molar-refractivity contribution is 7.91. The molecule has 2 N–H and O–H groups in total. The molecule has 6 nitrogen and oxygen atoms in total. The quantitative estimate of drug-likeness (QED) is 0.861. The van der Waals surface area contributed by atoms with Crippen LogP contribution in [-0.4, -0.2) is 36.9 Å². The number of nitrogens with one attached hydrogen (secondary N) is 1. The summed E-state index contributed by atoms with van der Waals surface area (Å²) in [5.41, 5.74) is 0.158. The Balaban J connectivity index is 2.40. The van der Waals surface area contributed by atoms with E-state index >= 15 is 0 Å². The van der Waals surface area contributed by atoms with Crippen LogP contribution >= 0.6 is 0 Å². The average Bonchev–Trinajstić information content (AvgIpc) is 2.47. The smallest absolute Gasteiger partial charge is 0.162 e. The number of nitrogens with zero attached hydrogens (tertiary/aromatic N) is 1. The fraction of sp³-hybridized carbons (Fsp3) is 0.533. The second-order valence-electron chi connectivity index (χ2n) is 5.87. The molecule has 0 amide bonds. The molecule has 22 heavy (non-hydrogen) atoms. The van der Waals surface area contributed by atoms with Crippen LogP contribution in [0.25, 0.3) is 0 Å². The number of hydrogen-bond donors (Lipinski definition) is 2. The summed E-state index contributed by atoms with van der Waals surface area (Å²) in [5.74, 6) is 0.325. The van der Waals surface area contributed by atoms with Gasteiger partial charge in [0.15, 0.2) is 9.84 Å². The van der Waals surface area contributed by atoms with Gasteiger partial charge in [-0.15, -0.1) is 0 Å². The molecule has 0 spiro atoms. The summed E-state index contributed by atoms with van der Waals surface area (Å²) in [5, 5.41) is 22.4. The van der Waals surface area contributed by atoms with Crippen molar-refractivity contribution in [3.8, 4) is 11.8 Å². The molecule has 1 aromatic carbocycles. The van der Waals surface area contributed by atoms with E-state index in [1.165, 1.54) is 0 Å². The minimum atomic E-state index is -3.23. The van der Waals surface area contributed by atoms with Crippen LogP contribution in [0.1, 0.15) is 37.9 Å². The first-order chi connectivity index (χ1) is 10.2. The molecule has 7 heteroatoms. The van der Waals surface area contributed by atoms with Crippen LogP contribution in [0.3, 0.4) is 0 Å². The first kappa shape index (κ1) is 16.7. The van der Waals surface area contributed by atoms with Gasteiger partial charge in [-0.2, -0.15) is 5.26 Å². The normalized spacial score (nSPS) is 23.2. The van der Waals surface area contributed by atoms with E-state index in [1.807, 2.05) is 6.07 Å². The van der Waals surface area contributed by atoms with Gasteiger partial charge >= 0.3 is 0 Å². The molecule has 0 bridgehead atoms. The van der Waals surface area contributed by atoms with Gasteiger partial charge in [-0.3, -0.25) is 5.32 Å². The molecule has 120 valence electrons. The molecule has 0 saturated carbocycles. The molecule has 1 aliphatic rings. The van der Waals surface area contributed by atoms with Crippen LogP contribution in [0.5, 0.6) is 5.75 Å². The van der Waals surface area contributed by atoms with Crippen LogP contribution in [0.4, 0.5) is 0 Å². The predicted molar refractivity (Wildman–Crippen MR) is 82.1 cm³/mol. The molecular formula is C15H20N2O4S. The maximum atomic E-state index is 11.7. The Morgan fingerprint density at radius 2 is 2.14 bits per heavy atom. The maximum absolute atomic E-state index is 11.7. The molecule has 0 saturated heterocycles. The third-order valence-electron chi connectivity index (χ3n) is 3.84. The summed E-state index contributed by atoms with van der Waals surface area (Å²) < 4.78 is 29.2. The monoisotopic (exact) mass is 324 g/mol. The van der Waals surface area contributed by atoms with Gasteiger partial charge in [0.25, 0.3) is 0 Å². The number of hydrogen-bond acceptors (Lipinski definition) is 6. The zero-order valence-electron chi connectivity index (χ0n) is 12.8. The molecule has 2 rings (SSSR count). The predicted octanol–water partition coefficient (Wildman–Crippen LogP) is 1.11. The number of ether oxygens (including phenoxy) is 1. The van der Waals surface area contributed by atoms with Crippen LogP contribution in [-0.2, 0) is 9.84 Å². The zero-order chi connectivity index (χ0) is 16.5. The largest absolute Gasteiger partial charge is 0.485 e. The zero-order valence-corrected chi connectivity index (χ0v) is 13.6. The van der Waals surface area contributed by atoms with E-state index in [0.717, 1.165) is 0 Å². The molecule has 0 aliphatic carbocycles. The first-order valence-corrected chi connectivity index (χ1v) is 8.87. The molecule has 1 heterocycles. The van der Waals surface area contributed by atoms with E-state index in [9.17, 15) is 13.5 Å². The standard InChI is InChI=1S/C15H20N2O4S/c1-4-22(19,20)9-17-13-11-7-10(8-16)5-6-12(11)21-15(2,3)14(13)18/h5-7,13-14,17-18H,4,9H2,1-3H3. The minimum absolute atomic E-state index is 0.0216. The Morgan fingerprint density at radius 3 is 2.73 bits per heavy atom. The topological polar surface area (TPSA) is 99.4 Å². The number of benzene rings is 1. The summed E-state index contributed by atoms with van der Waals surface area (Å²) in [6.45, 7) is 5.05. The van der Waals surface area contributed by atoms with Crippen molar-refractivity contribution in [2.24, 2.45) is 0 Å². The Morgan fingerprint density at radius 1 is 1.45 bits per heavy atom. The summed E-state index contributed by atoms with van der Waals surface area (Å²) >= 11 is 0. The molecular weight excluding hydrogens is 304 g/mol. The van der Waals surface area contributed by atoms with Crippen molar-refractivity contribution in [1.29, 1.82) is 5.26 Å². The van der Waals surface area contributed by atoms with Gasteiger partial charge in [0.05, 0.1) is 23.6 Å². The highest BCUT2D eigenvalue weighted by atomic mass is 32.2. The van der Waals surface area contributed by atoms with Crippen molar-refractivity contribution >= 4 is 9.84 Å². The van der Waals surface area contributed by atoms with Crippen molar-refractivity contribution in [3.63, 3.8) is 0 Å². The lowest BCUT2D eigenvalue weighted by Gasteiger charge is -2.42. The van der Waals surface area contributed by atoms with Gasteiger partial charge in [0.1, 0.15) is 17.5 Å². The van der Waals surface area contributed by atoms with Crippen LogP contribution in [0.15, 0.2) is 18.2 Å². The number of nitriles is 1. The molecule has 0 fully saturated rings. The number of aliphatic hydroxyl groups excluding tert-OH is 1. The van der Waals surface area contributed by atoms with Crippen LogP contribution in [0, 0.1) is 11.3 Å². The van der Waals surface area contributed by atoms with Crippen LogP contribution < -0.4 is 10.1 Å². The van der Waals surface area contributed by atoms with E-state index in [1.54, 1.807) is 39.0 Å². The van der Waals surface area contributed by atoms with Gasteiger partial charge < -0.3 is 9.84 Å². The molecule has 0 radical (unpaired) electrons. The summed E-state index contributed by atoms with van der Waals surface area (Å²) in [6.07, 6.45) is -0.944. The van der Waals surface area contributed by atoms with Crippen molar-refractivity contribution in [1.82, 2.24) is 5.32 Å². The lowest BCUT2D eigenvalue weighted by molar-refractivity contribution is -0.0635. The van der Waals surface area contributed by atoms with E-state index in [4.69, 9.17) is 10.00 Å². The fourth-order valence-electron chi connectivity index (χ4n) is 2.41. The number of rotatable bonds is 4. The van der Waals surface area contributed by atoms with E-state index < -0.39 is 27.6 Å². The summed E-state index contributed by atoms with van der Waals surface area (Å²) in [6, 6.07) is 6.33. The Bertz CT molecular complexity index is 707. The van der Waals surface area contributed by atoms with Crippen molar-refractivity contribution in [3.05, 3.63) is 29.3 Å². The second kappa shape index (κ2) is 5.88. The van der Waals surface area contributed by atoms with Gasteiger partial charge in [0.2, 0.25) is 0 Å². The number of sulfone groups is 1. The number of aliphatic hydroxyl groups is 1. The van der Waals surface area contributed by atoms with E-state index in [0.29, 0.717) is 16.9 Å². The third kappa shape index (κ3) is 3.24. The molecule has 1 aromatic rings. The molecule has 1 aliphatic heterocycles. The van der Waals surface area contributed by atoms with Gasteiger partial charge in [-0.05, 0) is 32.0 Å². The Labute approximate surface area is 130 Å². The molecule has 0 aromatic heterocycles. The van der Waals surface area contributed by atoms with Crippen LogP contribution in [0.2, 0.25) is 0 Å². The highest BCUT2D eigenvalue weighted by Crippen LogP contribution is 2.40. The van der Waals surface area contributed by atoms with Gasteiger partial charge in [0, 0.05) is 11.3 Å². The Hall–Kier alpha value is -1.62. The Kier molecular flexibility index (Phi) is 4.47. The van der Waals surface area contributed by atoms with Gasteiger partial charge in [-0.1, -0.05) is 6.92 Å².